The molecule has 0 aliphatic heterocycles. The Hall–Kier alpha value is -1.85. The van der Waals surface area contributed by atoms with Crippen molar-refractivity contribution in [2.45, 2.75) is 83.5 Å². The van der Waals surface area contributed by atoms with Gasteiger partial charge in [-0.3, -0.25) is 0 Å². The molecule has 0 bridgehead atoms. The van der Waals surface area contributed by atoms with Crippen molar-refractivity contribution in [3.8, 4) is 17.2 Å². The molecule has 0 unspecified atom stereocenters. The predicted octanol–water partition coefficient (Wildman–Crippen LogP) is 8.23. The summed E-state index contributed by atoms with van der Waals surface area (Å²) >= 11 is 0. The highest BCUT2D eigenvalue weighted by atomic mass is 28.3. The molecule has 0 amide bonds. The molecule has 0 spiro atoms. The van der Waals surface area contributed by atoms with Crippen LogP contribution in [0.15, 0.2) is 48.5 Å². The average Bonchev–Trinajstić information content (AvgIpc) is 2.77. The zero-order valence-electron chi connectivity index (χ0n) is 18.1. The van der Waals surface area contributed by atoms with Crippen LogP contribution < -0.4 is 0 Å². The molecule has 0 N–H and O–H groups in total. The van der Waals surface area contributed by atoms with E-state index in [0.29, 0.717) is 5.56 Å². The standard InChI is InChI=1S/C26H37NSi/c1-4-28(5-2,6-3)21-11-9-7-8-10-12-23-13-17-25(18-14-23)26-19-15-24(22-27)16-20-26/h13-20H,4-12,21H2,1-3H3. The first kappa shape index (κ1) is 22.4. The molecule has 0 aliphatic rings. The van der Waals surface area contributed by atoms with Crippen LogP contribution in [-0.2, 0) is 6.42 Å². The van der Waals surface area contributed by atoms with Crippen LogP contribution in [0.5, 0.6) is 0 Å². The van der Waals surface area contributed by atoms with E-state index in [-0.39, 0.29) is 0 Å². The van der Waals surface area contributed by atoms with Crippen molar-refractivity contribution < 1.29 is 0 Å². The Kier molecular flexibility index (Phi) is 9.51. The van der Waals surface area contributed by atoms with Crippen LogP contribution in [0.1, 0.15) is 64.0 Å². The zero-order valence-corrected chi connectivity index (χ0v) is 19.1. The van der Waals surface area contributed by atoms with Crippen molar-refractivity contribution in [2.75, 3.05) is 0 Å². The second-order valence-electron chi connectivity index (χ2n) is 8.21. The first-order chi connectivity index (χ1) is 13.7. The number of hydrogen-bond acceptors (Lipinski definition) is 1. The van der Waals surface area contributed by atoms with Gasteiger partial charge in [0.05, 0.1) is 19.7 Å². The number of nitriles is 1. The van der Waals surface area contributed by atoms with Gasteiger partial charge in [-0.25, -0.2) is 0 Å². The van der Waals surface area contributed by atoms with E-state index in [2.05, 4.69) is 51.1 Å². The van der Waals surface area contributed by atoms with Crippen LogP contribution in [-0.4, -0.2) is 8.07 Å². The van der Waals surface area contributed by atoms with Gasteiger partial charge >= 0.3 is 0 Å². The number of aryl methyl sites for hydroxylation is 1. The minimum Gasteiger partial charge on any atom is -0.192 e. The summed E-state index contributed by atoms with van der Waals surface area (Å²) in [6.45, 7) is 7.27. The van der Waals surface area contributed by atoms with E-state index in [0.717, 1.165) is 0 Å². The Morgan fingerprint density at radius 2 is 1.18 bits per heavy atom. The van der Waals surface area contributed by atoms with E-state index < -0.39 is 8.07 Å². The van der Waals surface area contributed by atoms with Gasteiger partial charge in [-0.05, 0) is 41.7 Å². The van der Waals surface area contributed by atoms with Crippen LogP contribution in [0.2, 0.25) is 24.2 Å². The quantitative estimate of drug-likeness (QED) is 0.264. The van der Waals surface area contributed by atoms with Crippen molar-refractivity contribution in [1.82, 2.24) is 0 Å². The lowest BCUT2D eigenvalue weighted by Gasteiger charge is -2.28. The van der Waals surface area contributed by atoms with Crippen LogP contribution >= 0.6 is 0 Å². The molecule has 150 valence electrons. The van der Waals surface area contributed by atoms with Gasteiger partial charge in [-0.15, -0.1) is 0 Å². The van der Waals surface area contributed by atoms with Gasteiger partial charge in [-0.1, -0.05) is 107 Å². The minimum absolute atomic E-state index is 0.715. The van der Waals surface area contributed by atoms with E-state index in [1.54, 1.807) is 6.04 Å². The zero-order chi connectivity index (χ0) is 20.2. The molecule has 2 aromatic carbocycles. The second-order valence-corrected chi connectivity index (χ2v) is 13.8. The third kappa shape index (κ3) is 6.64. The summed E-state index contributed by atoms with van der Waals surface area (Å²) in [5.74, 6) is 0. The fourth-order valence-corrected chi connectivity index (χ4v) is 7.80. The SMILES string of the molecule is CC[Si](CC)(CC)CCCCCCCc1ccc(-c2ccc(C#N)cc2)cc1. The van der Waals surface area contributed by atoms with Crippen molar-refractivity contribution >= 4 is 8.07 Å². The summed E-state index contributed by atoms with van der Waals surface area (Å²) in [7, 11) is -0.893. The summed E-state index contributed by atoms with van der Waals surface area (Å²) < 4.78 is 0. The molecule has 0 radical (unpaired) electrons. The van der Waals surface area contributed by atoms with Gasteiger partial charge in [0.1, 0.15) is 0 Å². The molecule has 0 saturated heterocycles. The highest BCUT2D eigenvalue weighted by molar-refractivity contribution is 6.79. The predicted molar refractivity (Wildman–Crippen MR) is 125 cm³/mol. The Morgan fingerprint density at radius 3 is 1.71 bits per heavy atom. The fraction of sp³-hybridized carbons (Fsp3) is 0.500. The molecule has 0 fully saturated rings. The van der Waals surface area contributed by atoms with Gasteiger partial charge in [0, 0.05) is 0 Å². The lowest BCUT2D eigenvalue weighted by molar-refractivity contribution is 0.628. The smallest absolute Gasteiger partial charge is 0.0991 e. The number of nitrogens with zero attached hydrogens (tertiary/aromatic N) is 1. The third-order valence-electron chi connectivity index (χ3n) is 6.72. The number of unbranched alkanes of at least 4 members (excludes halogenated alkanes) is 4. The van der Waals surface area contributed by atoms with Crippen LogP contribution in [0.3, 0.4) is 0 Å². The summed E-state index contributed by atoms with van der Waals surface area (Å²) in [5, 5.41) is 8.91. The summed E-state index contributed by atoms with van der Waals surface area (Å²) in [6.07, 6.45) is 8.12. The van der Waals surface area contributed by atoms with E-state index in [9.17, 15) is 0 Å². The summed E-state index contributed by atoms with van der Waals surface area (Å²) in [6, 6.07) is 24.9. The number of benzene rings is 2. The van der Waals surface area contributed by atoms with Gasteiger partial charge in [0.2, 0.25) is 0 Å². The van der Waals surface area contributed by atoms with E-state index in [1.165, 1.54) is 73.3 Å². The Labute approximate surface area is 173 Å². The van der Waals surface area contributed by atoms with E-state index >= 15 is 0 Å². The second kappa shape index (κ2) is 11.9. The first-order valence-electron chi connectivity index (χ1n) is 11.3. The summed E-state index contributed by atoms with van der Waals surface area (Å²) in [4.78, 5) is 0. The molecular weight excluding hydrogens is 354 g/mol. The molecule has 0 heterocycles. The topological polar surface area (TPSA) is 23.8 Å². The molecule has 0 aromatic heterocycles. The van der Waals surface area contributed by atoms with Crippen molar-refractivity contribution in [3.05, 3.63) is 59.7 Å². The maximum atomic E-state index is 8.91. The first-order valence-corrected chi connectivity index (χ1v) is 14.1. The highest BCUT2D eigenvalue weighted by Crippen LogP contribution is 2.28. The Balaban J connectivity index is 1.67. The highest BCUT2D eigenvalue weighted by Gasteiger charge is 2.25. The number of rotatable bonds is 12. The largest absolute Gasteiger partial charge is 0.192 e. The van der Waals surface area contributed by atoms with Gasteiger partial charge in [-0.2, -0.15) is 5.26 Å². The maximum absolute atomic E-state index is 8.91. The van der Waals surface area contributed by atoms with E-state index in [1.807, 2.05) is 24.3 Å². The molecule has 2 aromatic rings. The van der Waals surface area contributed by atoms with Crippen LogP contribution in [0, 0.1) is 11.3 Å². The maximum Gasteiger partial charge on any atom is 0.0991 e. The monoisotopic (exact) mass is 391 g/mol. The molecule has 0 saturated carbocycles. The van der Waals surface area contributed by atoms with Gasteiger partial charge in [0.15, 0.2) is 0 Å². The fourth-order valence-electron chi connectivity index (χ4n) is 4.24. The normalized spacial score (nSPS) is 11.4. The third-order valence-corrected chi connectivity index (χ3v) is 12.6. The summed E-state index contributed by atoms with van der Waals surface area (Å²) in [5.41, 5.74) is 4.55. The molecule has 0 atom stereocenters. The average molecular weight is 392 g/mol. The lowest BCUT2D eigenvalue weighted by Crippen LogP contribution is -2.30. The van der Waals surface area contributed by atoms with Crippen molar-refractivity contribution in [3.63, 3.8) is 0 Å². The molecular formula is C26H37NSi. The van der Waals surface area contributed by atoms with Crippen molar-refractivity contribution in [1.29, 1.82) is 5.26 Å². The molecule has 28 heavy (non-hydrogen) atoms. The molecule has 1 nitrogen and oxygen atoms in total. The Morgan fingerprint density at radius 1 is 0.679 bits per heavy atom. The van der Waals surface area contributed by atoms with Crippen LogP contribution in [0.4, 0.5) is 0 Å². The Bertz CT molecular complexity index is 712. The molecule has 2 rings (SSSR count). The van der Waals surface area contributed by atoms with Gasteiger partial charge in [0.25, 0.3) is 0 Å². The minimum atomic E-state index is -0.893. The number of hydrogen-bond donors (Lipinski definition) is 0. The lowest BCUT2D eigenvalue weighted by atomic mass is 10.0. The van der Waals surface area contributed by atoms with Gasteiger partial charge < -0.3 is 0 Å². The molecule has 2 heteroatoms. The van der Waals surface area contributed by atoms with E-state index in [4.69, 9.17) is 5.26 Å². The van der Waals surface area contributed by atoms with Crippen LogP contribution in [0.25, 0.3) is 11.1 Å². The van der Waals surface area contributed by atoms with Crippen molar-refractivity contribution in [2.24, 2.45) is 0 Å². The molecule has 0 aliphatic carbocycles.